The zero-order valence-corrected chi connectivity index (χ0v) is 18.4. The summed E-state index contributed by atoms with van der Waals surface area (Å²) in [6.07, 6.45) is 1.40. The highest BCUT2D eigenvalue weighted by Gasteiger charge is 2.20. The van der Waals surface area contributed by atoms with E-state index in [9.17, 15) is 14.7 Å². The average Bonchev–Trinajstić information content (AvgIpc) is 3.07. The number of nitrogens with zero attached hydrogens (tertiary/aromatic N) is 5. The van der Waals surface area contributed by atoms with E-state index >= 15 is 0 Å². The Kier molecular flexibility index (Phi) is 5.68. The summed E-state index contributed by atoms with van der Waals surface area (Å²) < 4.78 is 2.38. The van der Waals surface area contributed by atoms with Crippen molar-refractivity contribution in [2.24, 2.45) is 0 Å². The number of hydrogen-bond acceptors (Lipinski definition) is 6. The molecule has 11 heteroatoms. The first-order valence-corrected chi connectivity index (χ1v) is 10.1. The highest BCUT2D eigenvalue weighted by Crippen LogP contribution is 2.25. The van der Waals surface area contributed by atoms with Crippen LogP contribution >= 0.6 is 23.2 Å². The van der Waals surface area contributed by atoms with Crippen molar-refractivity contribution in [3.63, 3.8) is 0 Å². The van der Waals surface area contributed by atoms with E-state index in [1.54, 1.807) is 31.2 Å². The highest BCUT2D eigenvalue weighted by atomic mass is 35.5. The van der Waals surface area contributed by atoms with Crippen molar-refractivity contribution in [1.29, 1.82) is 0 Å². The molecule has 0 aliphatic heterocycles. The van der Waals surface area contributed by atoms with Crippen molar-refractivity contribution in [2.75, 3.05) is 5.32 Å². The summed E-state index contributed by atoms with van der Waals surface area (Å²) in [6, 6.07) is 11.1. The van der Waals surface area contributed by atoms with Gasteiger partial charge in [-0.05, 0) is 37.6 Å². The van der Waals surface area contributed by atoms with E-state index in [0.29, 0.717) is 16.4 Å². The Bertz CT molecular complexity index is 1410. The first-order valence-electron chi connectivity index (χ1n) is 9.33. The van der Waals surface area contributed by atoms with Crippen LogP contribution in [0.3, 0.4) is 0 Å². The van der Waals surface area contributed by atoms with Crippen LogP contribution in [-0.4, -0.2) is 35.6 Å². The number of halogens is 2. The van der Waals surface area contributed by atoms with Gasteiger partial charge in [0.25, 0.3) is 11.5 Å². The SMILES string of the molecule is Cc1cccc(-n2nc(C(=O)Nc3cc(C)nn3-c3ncc(Cl)cc3Cl)c(O)cc2=O)c1. The second-order valence-corrected chi connectivity index (χ2v) is 7.81. The highest BCUT2D eigenvalue weighted by molar-refractivity contribution is 6.35. The zero-order chi connectivity index (χ0) is 23.0. The maximum atomic E-state index is 13.0. The number of aromatic nitrogens is 5. The Morgan fingerprint density at radius 2 is 1.84 bits per heavy atom. The average molecular weight is 471 g/mol. The molecule has 0 bridgehead atoms. The summed E-state index contributed by atoms with van der Waals surface area (Å²) >= 11 is 12.1. The van der Waals surface area contributed by atoms with Crippen molar-refractivity contribution >= 4 is 34.9 Å². The summed E-state index contributed by atoms with van der Waals surface area (Å²) in [7, 11) is 0. The van der Waals surface area contributed by atoms with Crippen LogP contribution in [0, 0.1) is 13.8 Å². The number of carbonyl (C=O) groups is 1. The molecule has 4 aromatic rings. The molecule has 32 heavy (non-hydrogen) atoms. The van der Waals surface area contributed by atoms with E-state index in [2.05, 4.69) is 20.5 Å². The lowest BCUT2D eigenvalue weighted by Crippen LogP contribution is -2.25. The first-order chi connectivity index (χ1) is 15.2. The second-order valence-electron chi connectivity index (χ2n) is 6.96. The minimum Gasteiger partial charge on any atom is -0.505 e. The summed E-state index contributed by atoms with van der Waals surface area (Å²) in [5.74, 6) is -0.822. The van der Waals surface area contributed by atoms with Crippen LogP contribution < -0.4 is 10.9 Å². The lowest BCUT2D eigenvalue weighted by molar-refractivity contribution is 0.101. The maximum absolute atomic E-state index is 13.0. The fourth-order valence-corrected chi connectivity index (χ4v) is 3.50. The normalized spacial score (nSPS) is 10.9. The van der Waals surface area contributed by atoms with Gasteiger partial charge in [-0.15, -0.1) is 0 Å². The predicted octanol–water partition coefficient (Wildman–Crippen LogP) is 3.69. The maximum Gasteiger partial charge on any atom is 0.281 e. The number of carbonyl (C=O) groups excluding carboxylic acids is 1. The molecule has 162 valence electrons. The molecule has 2 N–H and O–H groups in total. The first kappa shape index (κ1) is 21.5. The molecule has 3 heterocycles. The van der Waals surface area contributed by atoms with E-state index in [0.717, 1.165) is 16.3 Å². The van der Waals surface area contributed by atoms with Crippen LogP contribution in [-0.2, 0) is 0 Å². The molecule has 0 aliphatic carbocycles. The number of amides is 1. The van der Waals surface area contributed by atoms with Crippen LogP contribution in [0.15, 0.2) is 53.5 Å². The Balaban J connectivity index is 1.73. The van der Waals surface area contributed by atoms with Crippen LogP contribution in [0.25, 0.3) is 11.5 Å². The van der Waals surface area contributed by atoms with Gasteiger partial charge in [0.2, 0.25) is 0 Å². The Hall–Kier alpha value is -3.69. The molecule has 0 spiro atoms. The number of benzene rings is 1. The van der Waals surface area contributed by atoms with E-state index in [1.165, 1.54) is 16.9 Å². The molecule has 0 unspecified atom stereocenters. The van der Waals surface area contributed by atoms with Gasteiger partial charge in [0.05, 0.1) is 21.4 Å². The van der Waals surface area contributed by atoms with Gasteiger partial charge < -0.3 is 10.4 Å². The van der Waals surface area contributed by atoms with Gasteiger partial charge in [-0.25, -0.2) is 4.98 Å². The predicted molar refractivity (Wildman–Crippen MR) is 120 cm³/mol. The molecule has 0 fully saturated rings. The smallest absolute Gasteiger partial charge is 0.281 e. The second kappa shape index (κ2) is 8.45. The quantitative estimate of drug-likeness (QED) is 0.469. The van der Waals surface area contributed by atoms with Crippen LogP contribution in [0.2, 0.25) is 10.0 Å². The number of hydrogen-bond donors (Lipinski definition) is 2. The topological polar surface area (TPSA) is 115 Å². The number of rotatable bonds is 4. The molecular weight excluding hydrogens is 455 g/mol. The molecule has 4 rings (SSSR count). The van der Waals surface area contributed by atoms with Crippen molar-refractivity contribution < 1.29 is 9.90 Å². The van der Waals surface area contributed by atoms with Gasteiger partial charge in [-0.3, -0.25) is 9.59 Å². The zero-order valence-electron chi connectivity index (χ0n) is 16.9. The van der Waals surface area contributed by atoms with Crippen LogP contribution in [0.5, 0.6) is 5.75 Å². The number of anilines is 1. The van der Waals surface area contributed by atoms with E-state index in [1.807, 2.05) is 13.0 Å². The number of pyridine rings is 1. The summed E-state index contributed by atoms with van der Waals surface area (Å²) in [5.41, 5.74) is 1.02. The van der Waals surface area contributed by atoms with Crippen molar-refractivity contribution in [3.05, 3.63) is 86.0 Å². The van der Waals surface area contributed by atoms with E-state index in [-0.39, 0.29) is 22.4 Å². The number of aromatic hydroxyl groups is 1. The third-order valence-electron chi connectivity index (χ3n) is 4.44. The van der Waals surface area contributed by atoms with Gasteiger partial charge in [-0.2, -0.15) is 19.6 Å². The Morgan fingerprint density at radius 1 is 1.06 bits per heavy atom. The third-order valence-corrected chi connectivity index (χ3v) is 4.92. The van der Waals surface area contributed by atoms with Crippen molar-refractivity contribution in [3.8, 4) is 17.3 Å². The van der Waals surface area contributed by atoms with E-state index < -0.39 is 17.2 Å². The summed E-state index contributed by atoms with van der Waals surface area (Å²) in [5, 5.41) is 21.8. The van der Waals surface area contributed by atoms with Gasteiger partial charge in [0.1, 0.15) is 5.82 Å². The van der Waals surface area contributed by atoms with Crippen LogP contribution in [0.4, 0.5) is 5.82 Å². The molecule has 0 saturated carbocycles. The molecule has 0 atom stereocenters. The lowest BCUT2D eigenvalue weighted by atomic mass is 10.2. The molecular formula is C21H16Cl2N6O3. The van der Waals surface area contributed by atoms with Crippen molar-refractivity contribution in [1.82, 2.24) is 24.5 Å². The third kappa shape index (κ3) is 4.20. The van der Waals surface area contributed by atoms with E-state index in [4.69, 9.17) is 23.2 Å². The molecule has 1 aromatic carbocycles. The largest absolute Gasteiger partial charge is 0.505 e. The summed E-state index contributed by atoms with van der Waals surface area (Å²) in [6.45, 7) is 3.59. The van der Waals surface area contributed by atoms with Gasteiger partial charge in [0, 0.05) is 18.3 Å². The fourth-order valence-electron chi connectivity index (χ4n) is 3.04. The standard InChI is InChI=1S/C21H16Cl2N6O3/c1-11-4-3-5-14(6-11)28-18(31)9-16(30)19(27-28)21(32)25-17-7-12(2)26-29(17)20-15(23)8-13(22)10-24-20/h3-10,30H,1-2H3,(H,25,32). The fraction of sp³-hybridized carbons (Fsp3) is 0.0952. The summed E-state index contributed by atoms with van der Waals surface area (Å²) in [4.78, 5) is 29.5. The van der Waals surface area contributed by atoms with Crippen molar-refractivity contribution in [2.45, 2.75) is 13.8 Å². The monoisotopic (exact) mass is 470 g/mol. The molecule has 9 nitrogen and oxygen atoms in total. The molecule has 3 aromatic heterocycles. The van der Waals surface area contributed by atoms with Crippen LogP contribution in [0.1, 0.15) is 21.7 Å². The minimum absolute atomic E-state index is 0.227. The minimum atomic E-state index is -0.755. The molecule has 0 saturated heterocycles. The Labute approximate surface area is 191 Å². The van der Waals surface area contributed by atoms with Gasteiger partial charge >= 0.3 is 0 Å². The van der Waals surface area contributed by atoms with Gasteiger partial charge in [0.15, 0.2) is 17.3 Å². The number of nitrogens with one attached hydrogen (secondary N) is 1. The van der Waals surface area contributed by atoms with Gasteiger partial charge in [-0.1, -0.05) is 35.3 Å². The molecule has 0 radical (unpaired) electrons. The Morgan fingerprint density at radius 3 is 2.56 bits per heavy atom. The number of aryl methyl sites for hydroxylation is 2. The molecule has 1 amide bonds. The molecule has 0 aliphatic rings. The lowest BCUT2D eigenvalue weighted by Gasteiger charge is -2.11.